The molecule has 10 nitrogen and oxygen atoms in total. The second-order valence-electron chi connectivity index (χ2n) is 8.83. The Balaban J connectivity index is 2.28. The van der Waals surface area contributed by atoms with Crippen molar-refractivity contribution in [2.75, 3.05) is 17.8 Å². The van der Waals surface area contributed by atoms with Gasteiger partial charge in [0.15, 0.2) is 0 Å². The number of carboxylic acids is 1. The molecule has 0 aliphatic carbocycles. The van der Waals surface area contributed by atoms with Gasteiger partial charge in [0, 0.05) is 29.3 Å². The third kappa shape index (κ3) is 8.17. The fraction of sp³-hybridized carbons (Fsp3) is 0.500. The molecule has 0 saturated carbocycles. The number of nitrogens with one attached hydrogen (secondary N) is 4. The number of aromatic amines is 1. The number of thiol groups is 1. The lowest BCUT2D eigenvalue weighted by molar-refractivity contribution is -0.143. The number of aliphatic carboxylic acids is 1. The molecule has 0 bridgehead atoms. The third-order valence-corrected chi connectivity index (χ3v) is 6.78. The van der Waals surface area contributed by atoms with Gasteiger partial charge in [-0.2, -0.15) is 24.4 Å². The van der Waals surface area contributed by atoms with E-state index in [1.165, 1.54) is 11.8 Å². The minimum Gasteiger partial charge on any atom is -0.480 e. The third-order valence-electron chi connectivity index (χ3n) is 5.74. The highest BCUT2D eigenvalue weighted by atomic mass is 32.2. The van der Waals surface area contributed by atoms with E-state index in [9.17, 15) is 24.3 Å². The molecule has 3 amide bonds. The maximum Gasteiger partial charge on any atom is 0.326 e. The summed E-state index contributed by atoms with van der Waals surface area (Å²) in [5, 5.41) is 18.3. The second-order valence-corrected chi connectivity index (χ2v) is 10.2. The zero-order valence-electron chi connectivity index (χ0n) is 20.6. The van der Waals surface area contributed by atoms with Crippen LogP contribution in [0.4, 0.5) is 0 Å². The van der Waals surface area contributed by atoms with Crippen LogP contribution in [-0.2, 0) is 25.6 Å². The van der Waals surface area contributed by atoms with Gasteiger partial charge in [0.2, 0.25) is 17.7 Å². The number of carboxylic acid groups (broad SMARTS) is 1. The first-order valence-corrected chi connectivity index (χ1v) is 13.7. The van der Waals surface area contributed by atoms with Crippen LogP contribution < -0.4 is 21.7 Å². The summed E-state index contributed by atoms with van der Waals surface area (Å²) in [6.07, 6.45) is 4.08. The first kappa shape index (κ1) is 29.5. The first-order valence-electron chi connectivity index (χ1n) is 11.6. The molecular formula is C24H35N5O5S2. The molecule has 0 aliphatic rings. The van der Waals surface area contributed by atoms with Crippen molar-refractivity contribution in [3.8, 4) is 0 Å². The quantitative estimate of drug-likeness (QED) is 0.176. The van der Waals surface area contributed by atoms with Gasteiger partial charge < -0.3 is 31.8 Å². The molecule has 1 aromatic heterocycles. The van der Waals surface area contributed by atoms with E-state index >= 15 is 0 Å². The predicted octanol–water partition coefficient (Wildman–Crippen LogP) is 0.916. The van der Waals surface area contributed by atoms with Gasteiger partial charge in [-0.05, 0) is 36.0 Å². The molecule has 0 saturated heterocycles. The largest absolute Gasteiger partial charge is 0.480 e. The molecule has 0 spiro atoms. The van der Waals surface area contributed by atoms with Crippen molar-refractivity contribution in [2.45, 2.75) is 50.9 Å². The highest BCUT2D eigenvalue weighted by Gasteiger charge is 2.31. The lowest BCUT2D eigenvalue weighted by Crippen LogP contribution is -2.58. The summed E-state index contributed by atoms with van der Waals surface area (Å²) in [5.74, 6) is -2.56. The summed E-state index contributed by atoms with van der Waals surface area (Å²) in [6, 6.07) is 3.56. The number of benzene rings is 1. The van der Waals surface area contributed by atoms with E-state index in [2.05, 4.69) is 33.6 Å². The fourth-order valence-corrected chi connectivity index (χ4v) is 4.27. The topological polar surface area (TPSA) is 166 Å². The van der Waals surface area contributed by atoms with Crippen LogP contribution in [0.5, 0.6) is 0 Å². The number of fused-ring (bicyclic) bond motifs is 1. The van der Waals surface area contributed by atoms with E-state index in [-0.39, 0.29) is 24.5 Å². The number of carbonyl (C=O) groups excluding carboxylic acids is 3. The van der Waals surface area contributed by atoms with Crippen molar-refractivity contribution in [1.82, 2.24) is 20.9 Å². The van der Waals surface area contributed by atoms with Crippen LogP contribution >= 0.6 is 24.4 Å². The normalized spacial score (nSPS) is 14.6. The van der Waals surface area contributed by atoms with Crippen LogP contribution in [0, 0.1) is 5.92 Å². The molecule has 36 heavy (non-hydrogen) atoms. The average molecular weight is 538 g/mol. The number of aromatic nitrogens is 1. The average Bonchev–Trinajstić information content (AvgIpc) is 3.26. The summed E-state index contributed by atoms with van der Waals surface area (Å²) in [5.41, 5.74) is 7.50. The Bertz CT molecular complexity index is 1060. The number of hydrogen-bond donors (Lipinski definition) is 7. The van der Waals surface area contributed by atoms with Crippen molar-refractivity contribution in [1.29, 1.82) is 0 Å². The van der Waals surface area contributed by atoms with E-state index in [1.807, 2.05) is 30.5 Å². The Morgan fingerprint density at radius 2 is 1.69 bits per heavy atom. The molecular weight excluding hydrogens is 502 g/mol. The molecule has 0 aliphatic heterocycles. The second kappa shape index (κ2) is 14.1. The Labute approximate surface area is 220 Å². The number of amides is 3. The standard InChI is InChI=1S/C24H35N5O5S2/c1-13(2)20(24(33)34)29-22(31)18(8-9-36-3)27-23(32)19(28-21(30)16(25)12-35)10-14-11-26-17-7-5-4-6-15(14)17/h4-7,11,13,16,18-20,26,35H,8-10,12,25H2,1-3H3,(H,27,32)(H,28,30)(H,29,31)(H,33,34). The molecule has 2 aromatic rings. The van der Waals surface area contributed by atoms with Gasteiger partial charge in [-0.3, -0.25) is 14.4 Å². The fourth-order valence-electron chi connectivity index (χ4n) is 3.64. The summed E-state index contributed by atoms with van der Waals surface area (Å²) >= 11 is 5.55. The molecule has 1 aromatic carbocycles. The number of nitrogens with two attached hydrogens (primary N) is 1. The Hall–Kier alpha value is -2.70. The molecule has 7 N–H and O–H groups in total. The van der Waals surface area contributed by atoms with E-state index < -0.39 is 47.9 Å². The number of para-hydroxylation sites is 1. The van der Waals surface area contributed by atoms with Crippen LogP contribution in [0.1, 0.15) is 25.8 Å². The zero-order valence-corrected chi connectivity index (χ0v) is 22.3. The van der Waals surface area contributed by atoms with E-state index in [1.54, 1.807) is 20.0 Å². The molecule has 1 heterocycles. The number of carbonyl (C=O) groups is 4. The van der Waals surface area contributed by atoms with E-state index in [0.717, 1.165) is 16.5 Å². The zero-order chi connectivity index (χ0) is 26.8. The monoisotopic (exact) mass is 537 g/mol. The maximum absolute atomic E-state index is 13.4. The van der Waals surface area contributed by atoms with Crippen LogP contribution in [0.3, 0.4) is 0 Å². The van der Waals surface area contributed by atoms with Crippen molar-refractivity contribution in [3.63, 3.8) is 0 Å². The molecule has 198 valence electrons. The lowest BCUT2D eigenvalue weighted by Gasteiger charge is -2.26. The lowest BCUT2D eigenvalue weighted by atomic mass is 10.0. The SMILES string of the molecule is CSCCC(NC(=O)C(Cc1c[nH]c2ccccc12)NC(=O)C(N)CS)C(=O)NC(C(=O)O)C(C)C. The highest BCUT2D eigenvalue weighted by molar-refractivity contribution is 7.98. The van der Waals surface area contributed by atoms with Crippen LogP contribution in [-0.4, -0.2) is 75.7 Å². The van der Waals surface area contributed by atoms with Gasteiger partial charge in [-0.15, -0.1) is 0 Å². The van der Waals surface area contributed by atoms with Gasteiger partial charge >= 0.3 is 5.97 Å². The van der Waals surface area contributed by atoms with Gasteiger partial charge in [0.25, 0.3) is 0 Å². The van der Waals surface area contributed by atoms with Crippen LogP contribution in [0.15, 0.2) is 30.5 Å². The number of thioether (sulfide) groups is 1. The van der Waals surface area contributed by atoms with Gasteiger partial charge in [0.05, 0.1) is 6.04 Å². The number of H-pyrrole nitrogens is 1. The molecule has 0 fully saturated rings. The summed E-state index contributed by atoms with van der Waals surface area (Å²) in [6.45, 7) is 3.37. The van der Waals surface area contributed by atoms with E-state index in [4.69, 9.17) is 5.73 Å². The minimum absolute atomic E-state index is 0.0950. The van der Waals surface area contributed by atoms with Crippen molar-refractivity contribution < 1.29 is 24.3 Å². The Morgan fingerprint density at radius 3 is 2.31 bits per heavy atom. The number of rotatable bonds is 14. The van der Waals surface area contributed by atoms with Crippen molar-refractivity contribution >= 4 is 59.0 Å². The summed E-state index contributed by atoms with van der Waals surface area (Å²) in [4.78, 5) is 53.6. The Kier molecular flexibility index (Phi) is 11.6. The minimum atomic E-state index is -1.15. The summed E-state index contributed by atoms with van der Waals surface area (Å²) in [7, 11) is 0. The smallest absolute Gasteiger partial charge is 0.326 e. The molecule has 12 heteroatoms. The van der Waals surface area contributed by atoms with Crippen LogP contribution in [0.25, 0.3) is 10.9 Å². The molecule has 4 atom stereocenters. The van der Waals surface area contributed by atoms with Gasteiger partial charge in [0.1, 0.15) is 18.1 Å². The molecule has 4 unspecified atom stereocenters. The Morgan fingerprint density at radius 1 is 1.06 bits per heavy atom. The number of hydrogen-bond acceptors (Lipinski definition) is 7. The molecule has 2 rings (SSSR count). The van der Waals surface area contributed by atoms with E-state index in [0.29, 0.717) is 5.75 Å². The predicted molar refractivity (Wildman–Crippen MR) is 145 cm³/mol. The first-order chi connectivity index (χ1) is 17.1. The maximum atomic E-state index is 13.4. The van der Waals surface area contributed by atoms with Gasteiger partial charge in [-0.25, -0.2) is 4.79 Å². The highest BCUT2D eigenvalue weighted by Crippen LogP contribution is 2.19. The van der Waals surface area contributed by atoms with Crippen LogP contribution in [0.2, 0.25) is 0 Å². The molecule has 0 radical (unpaired) electrons. The van der Waals surface area contributed by atoms with Gasteiger partial charge in [-0.1, -0.05) is 32.0 Å². The summed E-state index contributed by atoms with van der Waals surface area (Å²) < 4.78 is 0. The van der Waals surface area contributed by atoms with Crippen molar-refractivity contribution in [3.05, 3.63) is 36.0 Å². The van der Waals surface area contributed by atoms with Crippen molar-refractivity contribution in [2.24, 2.45) is 11.7 Å².